The molecule has 2 atom stereocenters. The van der Waals surface area contributed by atoms with Crippen LogP contribution in [0, 0.1) is 6.92 Å². The molecule has 5 rings (SSSR count). The fourth-order valence-corrected chi connectivity index (χ4v) is 4.98. The van der Waals surface area contributed by atoms with Gasteiger partial charge in [0.25, 0.3) is 5.56 Å². The predicted molar refractivity (Wildman–Crippen MR) is 110 cm³/mol. The fraction of sp³-hybridized carbons (Fsp3) is 0.455. The van der Waals surface area contributed by atoms with E-state index in [0.29, 0.717) is 18.6 Å². The summed E-state index contributed by atoms with van der Waals surface area (Å²) in [5.41, 5.74) is 4.17. The van der Waals surface area contributed by atoms with E-state index in [2.05, 4.69) is 14.7 Å². The van der Waals surface area contributed by atoms with Crippen LogP contribution in [0.2, 0.25) is 0 Å². The molecule has 1 fully saturated rings. The summed E-state index contributed by atoms with van der Waals surface area (Å²) in [6, 6.07) is 7.46. The van der Waals surface area contributed by atoms with Crippen molar-refractivity contribution in [3.8, 4) is 11.5 Å². The number of aromatic amines is 1. The lowest BCUT2D eigenvalue weighted by atomic mass is 9.98. The van der Waals surface area contributed by atoms with E-state index < -0.39 is 6.61 Å². The number of nitrogens with zero attached hydrogens (tertiary/aromatic N) is 3. The molecule has 0 unspecified atom stereocenters. The molecule has 0 saturated carbocycles. The first-order valence-electron chi connectivity index (χ1n) is 10.4. The highest BCUT2D eigenvalue weighted by Gasteiger charge is 2.38. The molecule has 9 heteroatoms. The molecule has 0 radical (unpaired) electrons. The molecule has 1 aromatic carbocycles. The minimum Gasteiger partial charge on any atom is -0.493 e. The van der Waals surface area contributed by atoms with E-state index in [0.717, 1.165) is 41.8 Å². The molecule has 7 nitrogen and oxygen atoms in total. The van der Waals surface area contributed by atoms with Gasteiger partial charge in [0.1, 0.15) is 0 Å². The van der Waals surface area contributed by atoms with Crippen LogP contribution in [0.5, 0.6) is 11.5 Å². The van der Waals surface area contributed by atoms with Crippen LogP contribution in [0.4, 0.5) is 8.78 Å². The second-order valence-electron chi connectivity index (χ2n) is 8.30. The lowest BCUT2D eigenvalue weighted by molar-refractivity contribution is -0.0512. The average molecular weight is 430 g/mol. The van der Waals surface area contributed by atoms with Gasteiger partial charge in [-0.2, -0.15) is 8.78 Å². The molecule has 164 valence electrons. The molecule has 3 aromatic rings. The SMILES string of the molecule is COc1cc(CN2[C@@H]3CC[C@@H]2Cc2c(nc4cc(C)[nH]n4c2=O)C3)ccc1OC(F)F. The number of alkyl halides is 2. The molecule has 0 aliphatic carbocycles. The van der Waals surface area contributed by atoms with E-state index in [1.54, 1.807) is 12.1 Å². The average Bonchev–Trinajstić information content (AvgIpc) is 3.23. The van der Waals surface area contributed by atoms with Gasteiger partial charge in [-0.15, -0.1) is 0 Å². The maximum absolute atomic E-state index is 13.1. The summed E-state index contributed by atoms with van der Waals surface area (Å²) >= 11 is 0. The largest absolute Gasteiger partial charge is 0.493 e. The number of methoxy groups -OCH3 is 1. The number of ether oxygens (including phenoxy) is 2. The van der Waals surface area contributed by atoms with Crippen LogP contribution in [0.25, 0.3) is 5.65 Å². The van der Waals surface area contributed by atoms with E-state index >= 15 is 0 Å². The van der Waals surface area contributed by atoms with Crippen LogP contribution in [-0.4, -0.2) is 45.3 Å². The quantitative estimate of drug-likeness (QED) is 0.674. The summed E-state index contributed by atoms with van der Waals surface area (Å²) in [5, 5.41) is 3.07. The zero-order chi connectivity index (χ0) is 21.7. The maximum Gasteiger partial charge on any atom is 0.387 e. The number of benzene rings is 1. The van der Waals surface area contributed by atoms with Crippen LogP contribution in [0.1, 0.15) is 35.4 Å². The van der Waals surface area contributed by atoms with Gasteiger partial charge in [-0.05, 0) is 43.9 Å². The molecule has 0 amide bonds. The van der Waals surface area contributed by atoms with Crippen LogP contribution in [0.15, 0.2) is 29.1 Å². The summed E-state index contributed by atoms with van der Waals surface area (Å²) in [4.78, 5) is 20.3. The van der Waals surface area contributed by atoms with Gasteiger partial charge in [-0.3, -0.25) is 14.8 Å². The second-order valence-corrected chi connectivity index (χ2v) is 8.30. The van der Waals surface area contributed by atoms with Crippen molar-refractivity contribution in [2.75, 3.05) is 7.11 Å². The standard InChI is InChI=1S/C22H24F2N4O3/c1-12-7-20-25-17-10-15-5-4-14(9-16(17)21(29)28(20)26-12)27(15)11-13-3-6-18(31-22(23)24)19(8-13)30-2/h3,6-8,14-15,22,26H,4-5,9-11H2,1-2H3/t14-,15-/m1/s1. The summed E-state index contributed by atoms with van der Waals surface area (Å²) in [6.07, 6.45) is 3.44. The van der Waals surface area contributed by atoms with Crippen molar-refractivity contribution in [1.82, 2.24) is 19.5 Å². The van der Waals surface area contributed by atoms with Crippen molar-refractivity contribution in [2.24, 2.45) is 0 Å². The summed E-state index contributed by atoms with van der Waals surface area (Å²) in [5.74, 6) is 0.308. The molecule has 1 N–H and O–H groups in total. The molecular weight excluding hydrogens is 406 g/mol. The highest BCUT2D eigenvalue weighted by molar-refractivity contribution is 5.44. The van der Waals surface area contributed by atoms with Gasteiger partial charge in [0.05, 0.1) is 12.8 Å². The first kappa shape index (κ1) is 20.0. The molecule has 31 heavy (non-hydrogen) atoms. The van der Waals surface area contributed by atoms with Gasteiger partial charge in [0.2, 0.25) is 0 Å². The summed E-state index contributed by atoms with van der Waals surface area (Å²) < 4.78 is 36.5. The first-order chi connectivity index (χ1) is 14.9. The third kappa shape index (κ3) is 3.56. The number of rotatable bonds is 5. The van der Waals surface area contributed by atoms with Crippen molar-refractivity contribution < 1.29 is 18.3 Å². The Labute approximate surface area is 177 Å². The number of H-pyrrole nitrogens is 1. The van der Waals surface area contributed by atoms with Crippen molar-refractivity contribution in [3.05, 3.63) is 57.1 Å². The monoisotopic (exact) mass is 430 g/mol. The van der Waals surface area contributed by atoms with Crippen molar-refractivity contribution in [3.63, 3.8) is 0 Å². The van der Waals surface area contributed by atoms with Crippen LogP contribution in [0.3, 0.4) is 0 Å². The van der Waals surface area contributed by atoms with E-state index in [1.165, 1.54) is 17.7 Å². The third-order valence-electron chi connectivity index (χ3n) is 6.37. The van der Waals surface area contributed by atoms with E-state index in [9.17, 15) is 13.6 Å². The second kappa shape index (κ2) is 7.64. The Hall–Kier alpha value is -2.94. The highest BCUT2D eigenvalue weighted by atomic mass is 19.3. The molecule has 2 aliphatic heterocycles. The van der Waals surface area contributed by atoms with E-state index in [-0.39, 0.29) is 29.1 Å². The zero-order valence-electron chi connectivity index (χ0n) is 17.4. The Morgan fingerprint density at radius 2 is 1.97 bits per heavy atom. The maximum atomic E-state index is 13.1. The molecule has 2 aliphatic rings. The molecule has 4 heterocycles. The smallest absolute Gasteiger partial charge is 0.387 e. The number of halogens is 2. The van der Waals surface area contributed by atoms with Gasteiger partial charge >= 0.3 is 6.61 Å². The summed E-state index contributed by atoms with van der Waals surface area (Å²) in [6.45, 7) is -0.343. The topological polar surface area (TPSA) is 71.9 Å². The Balaban J connectivity index is 1.43. The van der Waals surface area contributed by atoms with Crippen LogP contribution < -0.4 is 15.0 Å². The first-order valence-corrected chi connectivity index (χ1v) is 10.4. The molecule has 2 bridgehead atoms. The number of hydrogen-bond donors (Lipinski definition) is 1. The van der Waals surface area contributed by atoms with Crippen LogP contribution in [-0.2, 0) is 19.4 Å². The number of hydrogen-bond acceptors (Lipinski definition) is 5. The third-order valence-corrected chi connectivity index (χ3v) is 6.37. The number of aromatic nitrogens is 3. The minimum atomic E-state index is -2.90. The Bertz CT molecular complexity index is 1190. The number of aryl methyl sites for hydroxylation is 1. The number of fused-ring (bicyclic) bond motifs is 4. The van der Waals surface area contributed by atoms with Crippen molar-refractivity contribution in [1.29, 1.82) is 0 Å². The molecule has 0 spiro atoms. The number of nitrogens with one attached hydrogen (secondary N) is 1. The molecule has 2 aromatic heterocycles. The minimum absolute atomic E-state index is 0.0178. The lowest BCUT2D eigenvalue weighted by Gasteiger charge is -2.28. The van der Waals surface area contributed by atoms with E-state index in [1.807, 2.05) is 13.0 Å². The summed E-state index contributed by atoms with van der Waals surface area (Å²) in [7, 11) is 1.44. The van der Waals surface area contributed by atoms with Crippen molar-refractivity contribution in [2.45, 2.75) is 57.8 Å². The molecule has 1 saturated heterocycles. The predicted octanol–water partition coefficient (Wildman–Crippen LogP) is 3.07. The normalized spacial score (nSPS) is 20.8. The Morgan fingerprint density at radius 1 is 1.19 bits per heavy atom. The van der Waals surface area contributed by atoms with Gasteiger partial charge < -0.3 is 9.47 Å². The highest BCUT2D eigenvalue weighted by Crippen LogP contribution is 2.36. The van der Waals surface area contributed by atoms with Gasteiger partial charge in [-0.25, -0.2) is 9.50 Å². The molecular formula is C22H24F2N4O3. The van der Waals surface area contributed by atoms with Gasteiger partial charge in [0.15, 0.2) is 17.1 Å². The van der Waals surface area contributed by atoms with Crippen molar-refractivity contribution >= 4 is 5.65 Å². The lowest BCUT2D eigenvalue weighted by Crippen LogP contribution is -2.36. The Morgan fingerprint density at radius 3 is 2.71 bits per heavy atom. The fourth-order valence-electron chi connectivity index (χ4n) is 4.98. The Kier molecular flexibility index (Phi) is 4.92. The van der Waals surface area contributed by atoms with Crippen LogP contribution >= 0.6 is 0 Å². The van der Waals surface area contributed by atoms with Gasteiger partial charge in [-0.1, -0.05) is 6.07 Å². The van der Waals surface area contributed by atoms with Gasteiger partial charge in [0, 0.05) is 42.4 Å². The van der Waals surface area contributed by atoms with E-state index in [4.69, 9.17) is 9.72 Å². The zero-order valence-corrected chi connectivity index (χ0v) is 17.4.